The number of carbonyl (C=O) groups is 1. The molecule has 0 aliphatic rings. The minimum absolute atomic E-state index is 0.0482. The molecule has 0 bridgehead atoms. The van der Waals surface area contributed by atoms with Crippen LogP contribution < -0.4 is 0 Å². The molecule has 5 aromatic rings. The van der Waals surface area contributed by atoms with Gasteiger partial charge in [-0.2, -0.15) is 0 Å². The molecule has 3 heterocycles. The first-order valence-corrected chi connectivity index (χ1v) is 11.8. The van der Waals surface area contributed by atoms with Crippen LogP contribution in [0.3, 0.4) is 0 Å². The van der Waals surface area contributed by atoms with E-state index in [1.165, 1.54) is 17.3 Å². The summed E-state index contributed by atoms with van der Waals surface area (Å²) in [5.41, 5.74) is 4.72. The van der Waals surface area contributed by atoms with Crippen molar-refractivity contribution < 1.29 is 4.79 Å². The second-order valence-electron chi connectivity index (χ2n) is 8.06. The van der Waals surface area contributed by atoms with E-state index in [0.717, 1.165) is 22.2 Å². The van der Waals surface area contributed by atoms with Crippen LogP contribution in [0.1, 0.15) is 35.7 Å². The number of aromatic amines is 1. The van der Waals surface area contributed by atoms with Crippen LogP contribution in [-0.4, -0.2) is 36.3 Å². The van der Waals surface area contributed by atoms with Gasteiger partial charge in [0.2, 0.25) is 0 Å². The van der Waals surface area contributed by atoms with Crippen LogP contribution in [0.25, 0.3) is 28.0 Å². The molecule has 0 saturated carbocycles. The third-order valence-electron chi connectivity index (χ3n) is 5.57. The van der Waals surface area contributed by atoms with Crippen molar-refractivity contribution in [3.8, 4) is 17.1 Å². The topological polar surface area (TPSA) is 76.5 Å². The van der Waals surface area contributed by atoms with Crippen molar-refractivity contribution in [1.82, 2.24) is 24.7 Å². The highest BCUT2D eigenvalue weighted by Gasteiger charge is 2.21. The van der Waals surface area contributed by atoms with Crippen LogP contribution in [0.5, 0.6) is 0 Å². The number of H-pyrrole nitrogens is 1. The van der Waals surface area contributed by atoms with Gasteiger partial charge in [0.25, 0.3) is 0 Å². The summed E-state index contributed by atoms with van der Waals surface area (Å²) in [4.78, 5) is 20.5. The highest BCUT2D eigenvalue weighted by molar-refractivity contribution is 7.99. The van der Waals surface area contributed by atoms with Gasteiger partial charge in [-0.1, -0.05) is 62.0 Å². The molecule has 0 saturated heterocycles. The van der Waals surface area contributed by atoms with Gasteiger partial charge < -0.3 is 4.98 Å². The fourth-order valence-corrected chi connectivity index (χ4v) is 4.78. The summed E-state index contributed by atoms with van der Waals surface area (Å²) in [5.74, 6) is 1.33. The summed E-state index contributed by atoms with van der Waals surface area (Å²) >= 11 is 1.40. The van der Waals surface area contributed by atoms with Crippen molar-refractivity contribution in [2.24, 2.45) is 0 Å². The number of carbonyl (C=O) groups excluding carboxylic acids is 1. The molecule has 0 fully saturated rings. The lowest BCUT2D eigenvalue weighted by molar-refractivity contribution is 0.102. The molecule has 0 spiro atoms. The Morgan fingerprint density at radius 1 is 1.03 bits per heavy atom. The third kappa shape index (κ3) is 4.07. The van der Waals surface area contributed by atoms with E-state index in [1.54, 1.807) is 18.6 Å². The van der Waals surface area contributed by atoms with Crippen LogP contribution in [0.2, 0.25) is 0 Å². The molecule has 7 heteroatoms. The van der Waals surface area contributed by atoms with Crippen LogP contribution in [0.15, 0.2) is 84.4 Å². The van der Waals surface area contributed by atoms with Crippen molar-refractivity contribution in [3.63, 3.8) is 0 Å². The minimum atomic E-state index is 0.0482. The van der Waals surface area contributed by atoms with Crippen LogP contribution in [-0.2, 0) is 0 Å². The third-order valence-corrected chi connectivity index (χ3v) is 6.50. The maximum atomic E-state index is 13.1. The Balaban J connectivity index is 1.53. The van der Waals surface area contributed by atoms with Crippen molar-refractivity contribution in [3.05, 3.63) is 90.4 Å². The zero-order valence-electron chi connectivity index (χ0n) is 18.4. The molecule has 5 rings (SSSR count). The maximum Gasteiger partial charge on any atom is 0.196 e. The molecule has 0 atom stereocenters. The summed E-state index contributed by atoms with van der Waals surface area (Å²) in [7, 11) is 0. The van der Waals surface area contributed by atoms with Crippen molar-refractivity contribution >= 4 is 28.4 Å². The number of rotatable bonds is 7. The summed E-state index contributed by atoms with van der Waals surface area (Å²) in [6.45, 7) is 4.33. The van der Waals surface area contributed by atoms with Gasteiger partial charge in [-0.05, 0) is 35.7 Å². The molecular formula is C26H23N5OS. The van der Waals surface area contributed by atoms with Gasteiger partial charge in [-0.25, -0.2) is 0 Å². The Hall–Kier alpha value is -3.71. The zero-order valence-corrected chi connectivity index (χ0v) is 19.2. The van der Waals surface area contributed by atoms with Crippen molar-refractivity contribution in [2.75, 3.05) is 5.75 Å². The van der Waals surface area contributed by atoms with Gasteiger partial charge in [0.15, 0.2) is 16.8 Å². The Labute approximate surface area is 196 Å². The van der Waals surface area contributed by atoms with Gasteiger partial charge in [0.05, 0.1) is 11.4 Å². The van der Waals surface area contributed by atoms with Gasteiger partial charge in [-0.15, -0.1) is 10.2 Å². The van der Waals surface area contributed by atoms with E-state index in [-0.39, 0.29) is 11.5 Å². The standard InChI is InChI=1S/C26H23N5OS/c1-17(2)19-9-4-6-12-23(19)31-25(18-8-7-13-27-14-18)29-30-26(31)33-16-24(32)21-15-28-22-11-5-3-10-20(21)22/h3-15,17,28H,16H2,1-2H3. The molecule has 0 radical (unpaired) electrons. The molecule has 0 aliphatic carbocycles. The summed E-state index contributed by atoms with van der Waals surface area (Å²) in [6, 6.07) is 19.9. The van der Waals surface area contributed by atoms with Crippen LogP contribution in [0, 0.1) is 0 Å². The smallest absolute Gasteiger partial charge is 0.196 e. The number of nitrogens with one attached hydrogen (secondary N) is 1. The minimum Gasteiger partial charge on any atom is -0.360 e. The largest absolute Gasteiger partial charge is 0.360 e. The number of aromatic nitrogens is 5. The normalized spacial score (nSPS) is 11.4. The van der Waals surface area contributed by atoms with Gasteiger partial charge >= 0.3 is 0 Å². The Kier molecular flexibility index (Phi) is 5.79. The summed E-state index contributed by atoms with van der Waals surface area (Å²) in [5, 5.41) is 10.6. The van der Waals surface area contributed by atoms with E-state index >= 15 is 0 Å². The van der Waals surface area contributed by atoms with E-state index in [9.17, 15) is 4.79 Å². The number of fused-ring (bicyclic) bond motifs is 1. The average Bonchev–Trinajstić information content (AvgIpc) is 3.47. The first kappa shape index (κ1) is 21.2. The Bertz CT molecular complexity index is 1420. The lowest BCUT2D eigenvalue weighted by Gasteiger charge is -2.16. The zero-order chi connectivity index (χ0) is 22.8. The number of thioether (sulfide) groups is 1. The van der Waals surface area contributed by atoms with Crippen LogP contribution in [0.4, 0.5) is 0 Å². The average molecular weight is 454 g/mol. The lowest BCUT2D eigenvalue weighted by Crippen LogP contribution is -2.07. The summed E-state index contributed by atoms with van der Waals surface area (Å²) < 4.78 is 2.04. The lowest BCUT2D eigenvalue weighted by atomic mass is 10.0. The first-order valence-electron chi connectivity index (χ1n) is 10.8. The fourth-order valence-electron chi connectivity index (χ4n) is 3.95. The number of Topliss-reactive ketones (excluding diaryl/α,β-unsaturated/α-hetero) is 1. The van der Waals surface area contributed by atoms with E-state index < -0.39 is 0 Å². The van der Waals surface area contributed by atoms with Crippen molar-refractivity contribution in [2.45, 2.75) is 24.9 Å². The predicted octanol–water partition coefficient (Wildman–Crippen LogP) is 5.91. The van der Waals surface area contributed by atoms with Crippen LogP contribution >= 0.6 is 11.8 Å². The maximum absolute atomic E-state index is 13.1. The highest BCUT2D eigenvalue weighted by Crippen LogP contribution is 2.32. The predicted molar refractivity (Wildman–Crippen MR) is 132 cm³/mol. The Morgan fingerprint density at radius 2 is 1.85 bits per heavy atom. The van der Waals surface area contributed by atoms with Crippen molar-refractivity contribution in [1.29, 1.82) is 0 Å². The molecule has 0 aliphatic heterocycles. The molecule has 2 aromatic carbocycles. The van der Waals surface area contributed by atoms with E-state index in [0.29, 0.717) is 22.5 Å². The van der Waals surface area contributed by atoms with E-state index in [1.807, 2.05) is 53.1 Å². The number of hydrogen-bond acceptors (Lipinski definition) is 5. The number of nitrogens with zero attached hydrogens (tertiary/aromatic N) is 4. The molecular weight excluding hydrogens is 430 g/mol. The van der Waals surface area contributed by atoms with Gasteiger partial charge in [-0.3, -0.25) is 14.3 Å². The van der Waals surface area contributed by atoms with Gasteiger partial charge in [0, 0.05) is 40.6 Å². The second kappa shape index (κ2) is 9.03. The molecule has 6 nitrogen and oxygen atoms in total. The summed E-state index contributed by atoms with van der Waals surface area (Å²) in [6.07, 6.45) is 5.30. The number of ketones is 1. The number of para-hydroxylation sites is 2. The molecule has 3 aromatic heterocycles. The number of hydrogen-bond donors (Lipinski definition) is 1. The monoisotopic (exact) mass is 453 g/mol. The molecule has 0 amide bonds. The van der Waals surface area contributed by atoms with Gasteiger partial charge in [0.1, 0.15) is 0 Å². The van der Waals surface area contributed by atoms with E-state index in [4.69, 9.17) is 0 Å². The number of pyridine rings is 1. The van der Waals surface area contributed by atoms with E-state index in [2.05, 4.69) is 46.1 Å². The number of benzene rings is 2. The fraction of sp³-hybridized carbons (Fsp3) is 0.154. The molecule has 1 N–H and O–H groups in total. The first-order chi connectivity index (χ1) is 16.1. The quantitative estimate of drug-likeness (QED) is 0.245. The highest BCUT2D eigenvalue weighted by atomic mass is 32.2. The molecule has 164 valence electrons. The SMILES string of the molecule is CC(C)c1ccccc1-n1c(SCC(=O)c2c[nH]c3ccccc23)nnc1-c1cccnc1. The second-order valence-corrected chi connectivity index (χ2v) is 9.00. The molecule has 33 heavy (non-hydrogen) atoms. The molecule has 0 unspecified atom stereocenters. The Morgan fingerprint density at radius 3 is 2.67 bits per heavy atom.